The SMILES string of the molecule is CCOC(=O)C(CP(=O)(c1ccccc1)c1ccccc1)C(O)c1ccc(C(F)(F)F)cc1. The van der Waals surface area contributed by atoms with E-state index < -0.39 is 36.9 Å². The summed E-state index contributed by atoms with van der Waals surface area (Å²) in [5.74, 6) is -2.02. The molecule has 8 heteroatoms. The molecule has 2 atom stereocenters. The minimum atomic E-state index is -4.53. The van der Waals surface area contributed by atoms with Gasteiger partial charge in [-0.05, 0) is 24.6 Å². The number of rotatable bonds is 8. The number of carbonyl (C=O) groups is 1. The van der Waals surface area contributed by atoms with Crippen molar-refractivity contribution >= 4 is 23.7 Å². The average Bonchev–Trinajstić information content (AvgIpc) is 2.83. The number of ether oxygens (including phenoxy) is 1. The largest absolute Gasteiger partial charge is 0.466 e. The number of hydrogen-bond acceptors (Lipinski definition) is 4. The van der Waals surface area contributed by atoms with Crippen LogP contribution >= 0.6 is 7.14 Å². The third-order valence-electron chi connectivity index (χ3n) is 5.35. The number of aliphatic hydroxyl groups excluding tert-OH is 1. The van der Waals surface area contributed by atoms with Crippen LogP contribution in [-0.4, -0.2) is 23.8 Å². The normalized spacial score (nSPS) is 13.8. The van der Waals surface area contributed by atoms with Crippen molar-refractivity contribution in [3.05, 3.63) is 96.1 Å². The Labute approximate surface area is 190 Å². The summed E-state index contributed by atoms with van der Waals surface area (Å²) in [4.78, 5) is 12.8. The summed E-state index contributed by atoms with van der Waals surface area (Å²) in [5.41, 5.74) is -0.765. The zero-order valence-electron chi connectivity index (χ0n) is 17.9. The fraction of sp³-hybridized carbons (Fsp3) is 0.240. The number of alkyl halides is 3. The molecule has 0 saturated carbocycles. The van der Waals surface area contributed by atoms with E-state index in [9.17, 15) is 27.6 Å². The number of benzene rings is 3. The molecule has 0 aliphatic heterocycles. The molecule has 0 bridgehead atoms. The lowest BCUT2D eigenvalue weighted by Gasteiger charge is -2.27. The van der Waals surface area contributed by atoms with Gasteiger partial charge in [-0.1, -0.05) is 72.8 Å². The lowest BCUT2D eigenvalue weighted by Crippen LogP contribution is -2.32. The van der Waals surface area contributed by atoms with Crippen molar-refractivity contribution in [3.63, 3.8) is 0 Å². The summed E-state index contributed by atoms with van der Waals surface area (Å²) in [6.45, 7) is 1.64. The van der Waals surface area contributed by atoms with Gasteiger partial charge in [0.15, 0.2) is 0 Å². The molecule has 0 spiro atoms. The summed E-state index contributed by atoms with van der Waals surface area (Å²) in [6.07, 6.45) is -6.28. The summed E-state index contributed by atoms with van der Waals surface area (Å²) in [7, 11) is -3.41. The molecule has 0 fully saturated rings. The van der Waals surface area contributed by atoms with Crippen molar-refractivity contribution in [2.45, 2.75) is 19.2 Å². The van der Waals surface area contributed by atoms with Crippen LogP contribution in [0.2, 0.25) is 0 Å². The van der Waals surface area contributed by atoms with Gasteiger partial charge in [-0.2, -0.15) is 13.2 Å². The maximum atomic E-state index is 14.4. The van der Waals surface area contributed by atoms with Crippen LogP contribution in [-0.2, 0) is 20.3 Å². The highest BCUT2D eigenvalue weighted by atomic mass is 31.2. The van der Waals surface area contributed by atoms with Crippen molar-refractivity contribution in [3.8, 4) is 0 Å². The lowest BCUT2D eigenvalue weighted by molar-refractivity contribution is -0.151. The smallest absolute Gasteiger partial charge is 0.416 e. The van der Waals surface area contributed by atoms with Crippen molar-refractivity contribution in [1.29, 1.82) is 0 Å². The van der Waals surface area contributed by atoms with Gasteiger partial charge >= 0.3 is 12.1 Å². The van der Waals surface area contributed by atoms with E-state index in [4.69, 9.17) is 4.74 Å². The standard InChI is InChI=1S/C25H24F3O4P/c1-2-32-24(30)22(23(29)18-13-15-19(16-14-18)25(26,27)28)17-33(31,20-9-5-3-6-10-20)21-11-7-4-8-12-21/h3-16,22-23,29H,2,17H2,1H3. The second-order valence-electron chi connectivity index (χ2n) is 7.52. The molecule has 4 nitrogen and oxygen atoms in total. The number of esters is 1. The average molecular weight is 476 g/mol. The highest BCUT2D eigenvalue weighted by molar-refractivity contribution is 7.78. The molecule has 0 aliphatic carbocycles. The molecule has 0 aromatic heterocycles. The van der Waals surface area contributed by atoms with E-state index in [0.717, 1.165) is 24.3 Å². The van der Waals surface area contributed by atoms with Gasteiger partial charge < -0.3 is 14.4 Å². The minimum absolute atomic E-state index is 0.0377. The molecule has 3 aromatic carbocycles. The molecule has 0 radical (unpaired) electrons. The van der Waals surface area contributed by atoms with Gasteiger partial charge in [0, 0.05) is 16.8 Å². The Kier molecular flexibility index (Phi) is 7.77. The monoisotopic (exact) mass is 476 g/mol. The zero-order chi connectivity index (χ0) is 24.1. The van der Waals surface area contributed by atoms with E-state index in [1.54, 1.807) is 67.6 Å². The first-order chi connectivity index (χ1) is 15.7. The van der Waals surface area contributed by atoms with Crippen molar-refractivity contribution in [1.82, 2.24) is 0 Å². The maximum absolute atomic E-state index is 14.4. The van der Waals surface area contributed by atoms with Gasteiger partial charge in [-0.3, -0.25) is 4.79 Å². The Morgan fingerprint density at radius 2 is 1.39 bits per heavy atom. The van der Waals surface area contributed by atoms with Gasteiger partial charge in [-0.25, -0.2) is 0 Å². The van der Waals surface area contributed by atoms with Crippen LogP contribution in [0.25, 0.3) is 0 Å². The van der Waals surface area contributed by atoms with Crippen LogP contribution in [0.3, 0.4) is 0 Å². The Morgan fingerprint density at radius 1 is 0.909 bits per heavy atom. The molecule has 0 heterocycles. The summed E-state index contributed by atoms with van der Waals surface area (Å²) in [5, 5.41) is 12.0. The van der Waals surface area contributed by atoms with E-state index in [1.807, 2.05) is 0 Å². The highest BCUT2D eigenvalue weighted by Crippen LogP contribution is 2.47. The molecule has 3 aromatic rings. The van der Waals surface area contributed by atoms with Gasteiger partial charge in [-0.15, -0.1) is 0 Å². The van der Waals surface area contributed by atoms with Crippen LogP contribution < -0.4 is 10.6 Å². The van der Waals surface area contributed by atoms with Crippen LogP contribution in [0.5, 0.6) is 0 Å². The molecule has 3 rings (SSSR count). The molecule has 0 aliphatic rings. The Balaban J connectivity index is 2.04. The number of aliphatic hydroxyl groups is 1. The van der Waals surface area contributed by atoms with Crippen LogP contribution in [0, 0.1) is 5.92 Å². The van der Waals surface area contributed by atoms with Crippen LogP contribution in [0.1, 0.15) is 24.2 Å². The fourth-order valence-corrected chi connectivity index (χ4v) is 6.56. The van der Waals surface area contributed by atoms with E-state index in [-0.39, 0.29) is 18.3 Å². The molecule has 1 N–H and O–H groups in total. The zero-order valence-corrected chi connectivity index (χ0v) is 18.8. The predicted molar refractivity (Wildman–Crippen MR) is 121 cm³/mol. The summed E-state index contributed by atoms with van der Waals surface area (Å²) >= 11 is 0. The second-order valence-corrected chi connectivity index (χ2v) is 10.4. The number of hydrogen-bond donors (Lipinski definition) is 1. The molecule has 0 saturated heterocycles. The summed E-state index contributed by atoms with van der Waals surface area (Å²) in [6, 6.07) is 21.2. The Hall–Kier alpha value is -2.89. The van der Waals surface area contributed by atoms with Crippen LogP contribution in [0.15, 0.2) is 84.9 Å². The van der Waals surface area contributed by atoms with Gasteiger partial charge in [0.1, 0.15) is 7.14 Å². The molecule has 33 heavy (non-hydrogen) atoms. The third kappa shape index (κ3) is 5.73. The third-order valence-corrected chi connectivity index (χ3v) is 8.52. The lowest BCUT2D eigenvalue weighted by atomic mass is 9.96. The molecule has 174 valence electrons. The van der Waals surface area contributed by atoms with E-state index >= 15 is 0 Å². The first kappa shape index (κ1) is 24.7. The summed E-state index contributed by atoms with van der Waals surface area (Å²) < 4.78 is 58.3. The van der Waals surface area contributed by atoms with Crippen molar-refractivity contribution in [2.75, 3.05) is 12.8 Å². The maximum Gasteiger partial charge on any atom is 0.416 e. The van der Waals surface area contributed by atoms with Crippen LogP contribution in [0.4, 0.5) is 13.2 Å². The first-order valence-electron chi connectivity index (χ1n) is 10.4. The number of carbonyl (C=O) groups excluding carboxylic acids is 1. The predicted octanol–water partition coefficient (Wildman–Crippen LogP) is 4.93. The van der Waals surface area contributed by atoms with Gasteiger partial charge in [0.05, 0.1) is 24.2 Å². The second kappa shape index (κ2) is 10.4. The van der Waals surface area contributed by atoms with E-state index in [1.165, 1.54) is 0 Å². The number of halogens is 3. The molecule has 0 amide bonds. The topological polar surface area (TPSA) is 63.6 Å². The van der Waals surface area contributed by atoms with Gasteiger partial charge in [0.25, 0.3) is 0 Å². The van der Waals surface area contributed by atoms with Crippen molar-refractivity contribution < 1.29 is 32.4 Å². The van der Waals surface area contributed by atoms with Gasteiger partial charge in [0.2, 0.25) is 0 Å². The quantitative estimate of drug-likeness (QED) is 0.370. The molecular weight excluding hydrogens is 452 g/mol. The minimum Gasteiger partial charge on any atom is -0.466 e. The Bertz CT molecular complexity index is 1060. The molecular formula is C25H24F3O4P. The Morgan fingerprint density at radius 3 is 1.82 bits per heavy atom. The fourth-order valence-electron chi connectivity index (χ4n) is 3.63. The molecule has 2 unspecified atom stereocenters. The van der Waals surface area contributed by atoms with E-state index in [2.05, 4.69) is 0 Å². The van der Waals surface area contributed by atoms with Crippen molar-refractivity contribution in [2.24, 2.45) is 5.92 Å². The van der Waals surface area contributed by atoms with E-state index in [0.29, 0.717) is 10.6 Å². The highest BCUT2D eigenvalue weighted by Gasteiger charge is 2.39. The first-order valence-corrected chi connectivity index (χ1v) is 12.3.